The molecule has 1 heterocycles. The second-order valence-electron chi connectivity index (χ2n) is 4.69. The van der Waals surface area contributed by atoms with Gasteiger partial charge in [0.2, 0.25) is 5.91 Å². The van der Waals surface area contributed by atoms with E-state index in [1.165, 1.54) is 12.8 Å². The third-order valence-electron chi connectivity index (χ3n) is 3.04. The third kappa shape index (κ3) is 3.49. The first-order valence-electron chi connectivity index (χ1n) is 6.18. The second-order valence-corrected chi connectivity index (χ2v) is 4.69. The van der Waals surface area contributed by atoms with Crippen LogP contribution in [0.1, 0.15) is 40.0 Å². The Balaban J connectivity index is 2.37. The molecule has 1 N–H and O–H groups in total. The van der Waals surface area contributed by atoms with Crippen molar-refractivity contribution in [3.8, 4) is 0 Å². The van der Waals surface area contributed by atoms with Crippen LogP contribution >= 0.6 is 0 Å². The number of amides is 1. The van der Waals surface area contributed by atoms with Crippen LogP contribution < -0.4 is 5.32 Å². The zero-order chi connectivity index (χ0) is 11.3. The molecule has 0 atom stereocenters. The van der Waals surface area contributed by atoms with Gasteiger partial charge in [-0.3, -0.25) is 4.79 Å². The minimum absolute atomic E-state index is 0.244. The molecule has 1 aliphatic rings. The Bertz CT molecular complexity index is 200. The quantitative estimate of drug-likeness (QED) is 0.679. The minimum Gasteiger partial charge on any atom is -0.340 e. The van der Waals surface area contributed by atoms with E-state index in [1.54, 1.807) is 0 Å². The summed E-state index contributed by atoms with van der Waals surface area (Å²) < 4.78 is 0. The van der Waals surface area contributed by atoms with Crippen LogP contribution in [0.3, 0.4) is 0 Å². The average Bonchev–Trinajstić information content (AvgIpc) is 2.08. The summed E-state index contributed by atoms with van der Waals surface area (Å²) in [7, 11) is 0. The summed E-state index contributed by atoms with van der Waals surface area (Å²) in [4.78, 5) is 14.1. The molecule has 0 aliphatic carbocycles. The lowest BCUT2D eigenvalue weighted by molar-refractivity contribution is -0.138. The van der Waals surface area contributed by atoms with Crippen LogP contribution in [0.5, 0.6) is 0 Å². The predicted molar refractivity (Wildman–Crippen MR) is 62.7 cm³/mol. The summed E-state index contributed by atoms with van der Waals surface area (Å²) in [6.07, 6.45) is 3.57. The van der Waals surface area contributed by atoms with Gasteiger partial charge in [-0.05, 0) is 20.3 Å². The Kier molecular flexibility index (Phi) is 5.09. The molecular formula is C12H24N2O. The maximum atomic E-state index is 12.0. The summed E-state index contributed by atoms with van der Waals surface area (Å²) in [6, 6.07) is 0.343. The maximum Gasteiger partial charge on any atom is 0.228 e. The van der Waals surface area contributed by atoms with Crippen molar-refractivity contribution in [1.29, 1.82) is 0 Å². The van der Waals surface area contributed by atoms with E-state index in [4.69, 9.17) is 0 Å². The van der Waals surface area contributed by atoms with Crippen LogP contribution in [0.2, 0.25) is 0 Å². The highest BCUT2D eigenvalue weighted by Gasteiger charge is 2.29. The van der Waals surface area contributed by atoms with Crippen LogP contribution in [0, 0.1) is 5.92 Å². The van der Waals surface area contributed by atoms with Gasteiger partial charge in [-0.2, -0.15) is 0 Å². The number of unbranched alkanes of at least 4 members (excludes halogenated alkanes) is 2. The van der Waals surface area contributed by atoms with Crippen molar-refractivity contribution in [3.63, 3.8) is 0 Å². The van der Waals surface area contributed by atoms with Crippen LogP contribution in [0.25, 0.3) is 0 Å². The SMILES string of the molecule is CCCCCN(C(=O)C1CNC1)C(C)C. The highest BCUT2D eigenvalue weighted by molar-refractivity contribution is 5.80. The summed E-state index contributed by atoms with van der Waals surface area (Å²) in [6.45, 7) is 9.08. The van der Waals surface area contributed by atoms with Crippen LogP contribution in [-0.2, 0) is 4.79 Å². The van der Waals surface area contributed by atoms with E-state index in [1.807, 2.05) is 4.90 Å². The first kappa shape index (κ1) is 12.5. The number of carbonyl (C=O) groups is 1. The molecule has 0 radical (unpaired) electrons. The number of hydrogen-bond donors (Lipinski definition) is 1. The fraction of sp³-hybridized carbons (Fsp3) is 0.917. The molecule has 0 spiro atoms. The van der Waals surface area contributed by atoms with Crippen molar-refractivity contribution in [2.75, 3.05) is 19.6 Å². The monoisotopic (exact) mass is 212 g/mol. The lowest BCUT2D eigenvalue weighted by Crippen LogP contribution is -2.53. The molecule has 1 aliphatic heterocycles. The fourth-order valence-electron chi connectivity index (χ4n) is 1.85. The Morgan fingerprint density at radius 3 is 2.47 bits per heavy atom. The molecule has 0 aromatic heterocycles. The molecule has 3 heteroatoms. The van der Waals surface area contributed by atoms with E-state index in [2.05, 4.69) is 26.1 Å². The zero-order valence-electron chi connectivity index (χ0n) is 10.3. The van der Waals surface area contributed by atoms with E-state index in [-0.39, 0.29) is 5.92 Å². The van der Waals surface area contributed by atoms with Gasteiger partial charge >= 0.3 is 0 Å². The molecule has 1 amide bonds. The minimum atomic E-state index is 0.244. The van der Waals surface area contributed by atoms with Gasteiger partial charge in [-0.15, -0.1) is 0 Å². The van der Waals surface area contributed by atoms with Gasteiger partial charge in [0, 0.05) is 25.7 Å². The molecule has 15 heavy (non-hydrogen) atoms. The van der Waals surface area contributed by atoms with Crippen molar-refractivity contribution in [2.24, 2.45) is 5.92 Å². The summed E-state index contributed by atoms with van der Waals surface area (Å²) >= 11 is 0. The van der Waals surface area contributed by atoms with Crippen molar-refractivity contribution >= 4 is 5.91 Å². The molecular weight excluding hydrogens is 188 g/mol. The molecule has 1 fully saturated rings. The average molecular weight is 212 g/mol. The standard InChI is InChI=1S/C12H24N2O/c1-4-5-6-7-14(10(2)3)12(15)11-8-13-9-11/h10-11,13H,4-9H2,1-3H3. The van der Waals surface area contributed by atoms with Gasteiger partial charge in [0.15, 0.2) is 0 Å². The molecule has 0 unspecified atom stereocenters. The Hall–Kier alpha value is -0.570. The largest absolute Gasteiger partial charge is 0.340 e. The van der Waals surface area contributed by atoms with Crippen LogP contribution in [0.15, 0.2) is 0 Å². The van der Waals surface area contributed by atoms with Gasteiger partial charge in [-0.1, -0.05) is 19.8 Å². The van der Waals surface area contributed by atoms with Gasteiger partial charge in [0.05, 0.1) is 5.92 Å². The Morgan fingerprint density at radius 2 is 2.07 bits per heavy atom. The van der Waals surface area contributed by atoms with E-state index in [9.17, 15) is 4.79 Å². The van der Waals surface area contributed by atoms with E-state index in [0.29, 0.717) is 11.9 Å². The van der Waals surface area contributed by atoms with Crippen LogP contribution in [0.4, 0.5) is 0 Å². The first-order chi connectivity index (χ1) is 7.16. The van der Waals surface area contributed by atoms with E-state index < -0.39 is 0 Å². The van der Waals surface area contributed by atoms with Gasteiger partial charge < -0.3 is 10.2 Å². The molecule has 1 rings (SSSR count). The number of nitrogens with one attached hydrogen (secondary N) is 1. The number of carbonyl (C=O) groups excluding carboxylic acids is 1. The molecule has 0 bridgehead atoms. The summed E-state index contributed by atoms with van der Waals surface area (Å²) in [5.41, 5.74) is 0. The number of hydrogen-bond acceptors (Lipinski definition) is 2. The molecule has 3 nitrogen and oxygen atoms in total. The number of rotatable bonds is 6. The van der Waals surface area contributed by atoms with Crippen molar-refractivity contribution in [2.45, 2.75) is 46.1 Å². The van der Waals surface area contributed by atoms with Crippen molar-refractivity contribution < 1.29 is 4.79 Å². The third-order valence-corrected chi connectivity index (χ3v) is 3.04. The van der Waals surface area contributed by atoms with Crippen molar-refractivity contribution in [3.05, 3.63) is 0 Å². The fourth-order valence-corrected chi connectivity index (χ4v) is 1.85. The molecule has 88 valence electrons. The summed E-state index contributed by atoms with van der Waals surface area (Å²) in [5.74, 6) is 0.592. The lowest BCUT2D eigenvalue weighted by Gasteiger charge is -2.34. The molecule has 0 saturated carbocycles. The highest BCUT2D eigenvalue weighted by Crippen LogP contribution is 2.12. The topological polar surface area (TPSA) is 32.3 Å². The molecule has 0 aromatic rings. The first-order valence-corrected chi connectivity index (χ1v) is 6.18. The van der Waals surface area contributed by atoms with Gasteiger partial charge in [0.1, 0.15) is 0 Å². The number of nitrogens with zero attached hydrogens (tertiary/aromatic N) is 1. The maximum absolute atomic E-state index is 12.0. The Labute approximate surface area is 93.2 Å². The smallest absolute Gasteiger partial charge is 0.228 e. The second kappa shape index (κ2) is 6.11. The molecule has 0 aromatic carbocycles. The zero-order valence-corrected chi connectivity index (χ0v) is 10.3. The summed E-state index contributed by atoms with van der Waals surface area (Å²) in [5, 5.41) is 3.16. The lowest BCUT2D eigenvalue weighted by atomic mass is 10.0. The van der Waals surface area contributed by atoms with Crippen LogP contribution in [-0.4, -0.2) is 36.5 Å². The molecule has 1 saturated heterocycles. The van der Waals surface area contributed by atoms with E-state index >= 15 is 0 Å². The van der Waals surface area contributed by atoms with Crippen molar-refractivity contribution in [1.82, 2.24) is 10.2 Å². The van der Waals surface area contributed by atoms with Gasteiger partial charge in [-0.25, -0.2) is 0 Å². The predicted octanol–water partition coefficient (Wildman–Crippen LogP) is 1.63. The Morgan fingerprint density at radius 1 is 1.40 bits per heavy atom. The normalized spacial score (nSPS) is 16.5. The van der Waals surface area contributed by atoms with Gasteiger partial charge in [0.25, 0.3) is 0 Å². The van der Waals surface area contributed by atoms with E-state index in [0.717, 1.165) is 26.1 Å². The highest BCUT2D eigenvalue weighted by atomic mass is 16.2.